The van der Waals surface area contributed by atoms with E-state index in [9.17, 15) is 14.0 Å². The first-order chi connectivity index (χ1) is 20.4. The zero-order chi connectivity index (χ0) is 29.0. The lowest BCUT2D eigenvalue weighted by Crippen LogP contribution is -2.66. The van der Waals surface area contributed by atoms with Gasteiger partial charge in [-0.25, -0.2) is 8.78 Å². The van der Waals surface area contributed by atoms with E-state index in [-0.39, 0.29) is 48.4 Å². The van der Waals surface area contributed by atoms with Crippen LogP contribution in [0.25, 0.3) is 0 Å². The topological polar surface area (TPSA) is 90.0 Å². The van der Waals surface area contributed by atoms with Crippen LogP contribution in [0.4, 0.5) is 14.5 Å². The van der Waals surface area contributed by atoms with Gasteiger partial charge in [-0.1, -0.05) is 36.4 Å². The van der Waals surface area contributed by atoms with Crippen LogP contribution in [0.1, 0.15) is 38.8 Å². The maximum Gasteiger partial charge on any atom is 0.278 e. The third-order valence-electron chi connectivity index (χ3n) is 7.90. The molecule has 7 rings (SSSR count). The Bertz CT molecular complexity index is 1760. The van der Waals surface area contributed by atoms with E-state index in [2.05, 4.69) is 0 Å². The molecule has 42 heavy (non-hydrogen) atoms. The molecule has 4 aromatic rings. The molecule has 0 unspecified atom stereocenters. The number of rotatable bonds is 4. The summed E-state index contributed by atoms with van der Waals surface area (Å²) in [4.78, 5) is 29.8. The minimum Gasteiger partial charge on any atom is -0.482 e. The molecule has 1 aromatic heterocycles. The molecule has 0 saturated carbocycles. The Morgan fingerprint density at radius 1 is 1.00 bits per heavy atom. The number of ether oxygens (including phenoxy) is 2. The lowest BCUT2D eigenvalue weighted by atomic mass is 9.93. The standard InChI is InChI=1S/C31H26F2N4O4S/c32-23-10-9-20-22(27(23)33)17-42-25-4-2-1-3-21(25)28(20)37-26-16-40-14-13-35(26)31(39)29-30(24(38)11-12-36(29)37)41-15-18-5-7-19(34)8-6-18/h1-12,26,28H,13-17,34H2/t26-,28+/m1/s1. The maximum atomic E-state index is 15.4. The Balaban J connectivity index is 1.43. The third kappa shape index (κ3) is 4.31. The first kappa shape index (κ1) is 26.5. The van der Waals surface area contributed by atoms with Gasteiger partial charge < -0.3 is 20.1 Å². The number of thioether (sulfide) groups is 1. The molecule has 8 nitrogen and oxygen atoms in total. The molecule has 1 saturated heterocycles. The molecular weight excluding hydrogens is 562 g/mol. The Labute approximate surface area is 244 Å². The van der Waals surface area contributed by atoms with E-state index in [4.69, 9.17) is 15.2 Å². The Morgan fingerprint density at radius 3 is 2.64 bits per heavy atom. The lowest BCUT2D eigenvalue weighted by Gasteiger charge is -2.51. The van der Waals surface area contributed by atoms with E-state index < -0.39 is 29.3 Å². The fraction of sp³-hybridized carbons (Fsp3) is 0.226. The SMILES string of the molecule is Nc1ccc(COc2c3n(ccc2=O)N([C@@H]2c4ccccc4SCc4c2ccc(F)c4F)[C@@H]2COCCN2C3=O)cc1. The van der Waals surface area contributed by atoms with Crippen molar-refractivity contribution in [1.82, 2.24) is 9.58 Å². The van der Waals surface area contributed by atoms with Gasteiger partial charge in [-0.05, 0) is 41.0 Å². The molecule has 1 fully saturated rings. The monoisotopic (exact) mass is 588 g/mol. The Kier molecular flexibility index (Phi) is 6.63. The van der Waals surface area contributed by atoms with E-state index in [1.54, 1.807) is 39.9 Å². The van der Waals surface area contributed by atoms with Crippen molar-refractivity contribution in [1.29, 1.82) is 0 Å². The first-order valence-electron chi connectivity index (χ1n) is 13.5. The molecule has 2 N–H and O–H groups in total. The molecule has 0 radical (unpaired) electrons. The predicted molar refractivity (Wildman–Crippen MR) is 154 cm³/mol. The summed E-state index contributed by atoms with van der Waals surface area (Å²) in [6.07, 6.45) is 0.950. The van der Waals surface area contributed by atoms with Gasteiger partial charge in [0.05, 0.1) is 19.3 Å². The molecule has 11 heteroatoms. The molecule has 3 aliphatic rings. The Morgan fingerprint density at radius 2 is 1.81 bits per heavy atom. The largest absolute Gasteiger partial charge is 0.482 e. The van der Waals surface area contributed by atoms with Gasteiger partial charge in [0.2, 0.25) is 5.43 Å². The first-order valence-corrected chi connectivity index (χ1v) is 14.5. The second kappa shape index (κ2) is 10.5. The van der Waals surface area contributed by atoms with E-state index in [0.717, 1.165) is 22.1 Å². The van der Waals surface area contributed by atoms with Crippen LogP contribution in [-0.4, -0.2) is 41.4 Å². The molecular formula is C31H26F2N4O4S. The average molecular weight is 589 g/mol. The van der Waals surface area contributed by atoms with Crippen LogP contribution in [0.2, 0.25) is 0 Å². The number of hydrogen-bond acceptors (Lipinski definition) is 7. The van der Waals surface area contributed by atoms with Crippen molar-refractivity contribution in [2.75, 3.05) is 30.5 Å². The number of nitrogens with zero attached hydrogens (tertiary/aromatic N) is 3. The van der Waals surface area contributed by atoms with Crippen molar-refractivity contribution in [2.45, 2.75) is 29.5 Å². The summed E-state index contributed by atoms with van der Waals surface area (Å²) in [5, 5.41) is 1.92. The van der Waals surface area contributed by atoms with Gasteiger partial charge in [0, 0.05) is 40.7 Å². The number of aromatic nitrogens is 1. The summed E-state index contributed by atoms with van der Waals surface area (Å²) in [5.74, 6) is -2.03. The maximum absolute atomic E-state index is 15.4. The highest BCUT2D eigenvalue weighted by Crippen LogP contribution is 2.45. The highest BCUT2D eigenvalue weighted by molar-refractivity contribution is 7.98. The van der Waals surface area contributed by atoms with E-state index in [0.29, 0.717) is 17.9 Å². The minimum atomic E-state index is -0.919. The normalized spacial score (nSPS) is 19.3. The molecule has 3 aliphatic heterocycles. The van der Waals surface area contributed by atoms with Gasteiger partial charge in [0.1, 0.15) is 12.8 Å². The number of nitrogens with two attached hydrogens (primary N) is 1. The van der Waals surface area contributed by atoms with Crippen LogP contribution in [-0.2, 0) is 17.1 Å². The fourth-order valence-corrected chi connectivity index (χ4v) is 6.99. The van der Waals surface area contributed by atoms with Gasteiger partial charge >= 0.3 is 0 Å². The van der Waals surface area contributed by atoms with Gasteiger partial charge in [0.25, 0.3) is 5.91 Å². The number of anilines is 1. The molecule has 4 heterocycles. The number of carbonyl (C=O) groups is 1. The Hall–Kier alpha value is -4.35. The molecule has 2 atom stereocenters. The van der Waals surface area contributed by atoms with Crippen molar-refractivity contribution in [3.8, 4) is 5.75 Å². The molecule has 214 valence electrons. The van der Waals surface area contributed by atoms with Gasteiger partial charge in [-0.3, -0.25) is 19.3 Å². The van der Waals surface area contributed by atoms with Crippen LogP contribution in [0, 0.1) is 11.6 Å². The van der Waals surface area contributed by atoms with Crippen LogP contribution in [0.5, 0.6) is 5.75 Å². The zero-order valence-electron chi connectivity index (χ0n) is 22.3. The summed E-state index contributed by atoms with van der Waals surface area (Å²) in [6, 6.07) is 18.2. The molecule has 3 aromatic carbocycles. The fourth-order valence-electron chi connectivity index (χ4n) is 5.88. The van der Waals surface area contributed by atoms with Crippen LogP contribution >= 0.6 is 11.8 Å². The average Bonchev–Trinajstić information content (AvgIpc) is 3.17. The van der Waals surface area contributed by atoms with Gasteiger partial charge in [-0.15, -0.1) is 11.8 Å². The predicted octanol–water partition coefficient (Wildman–Crippen LogP) is 4.43. The van der Waals surface area contributed by atoms with Crippen LogP contribution < -0.4 is 20.9 Å². The van der Waals surface area contributed by atoms with Crippen molar-refractivity contribution in [3.05, 3.63) is 123 Å². The second-order valence-electron chi connectivity index (χ2n) is 10.3. The molecule has 1 amide bonds. The van der Waals surface area contributed by atoms with Crippen molar-refractivity contribution >= 4 is 23.4 Å². The van der Waals surface area contributed by atoms with Gasteiger partial charge in [0.15, 0.2) is 23.1 Å². The number of morpholine rings is 1. The number of benzene rings is 3. The molecule has 0 spiro atoms. The molecule has 0 aliphatic carbocycles. The third-order valence-corrected chi connectivity index (χ3v) is 9.01. The van der Waals surface area contributed by atoms with Crippen LogP contribution in [0.3, 0.4) is 0 Å². The van der Waals surface area contributed by atoms with E-state index in [1.165, 1.54) is 24.0 Å². The summed E-state index contributed by atoms with van der Waals surface area (Å²) < 4.78 is 43.4. The minimum absolute atomic E-state index is 0.0442. The van der Waals surface area contributed by atoms with Crippen molar-refractivity contribution in [3.63, 3.8) is 0 Å². The number of pyridine rings is 1. The van der Waals surface area contributed by atoms with Crippen LogP contribution in [0.15, 0.2) is 82.6 Å². The highest BCUT2D eigenvalue weighted by atomic mass is 32.2. The number of carbonyl (C=O) groups excluding carboxylic acids is 1. The number of halogens is 2. The summed E-state index contributed by atoms with van der Waals surface area (Å²) in [5.41, 5.74) is 8.48. The van der Waals surface area contributed by atoms with Gasteiger partial charge in [-0.2, -0.15) is 0 Å². The van der Waals surface area contributed by atoms with Crippen molar-refractivity contribution < 1.29 is 23.0 Å². The van der Waals surface area contributed by atoms with E-state index >= 15 is 4.39 Å². The van der Waals surface area contributed by atoms with E-state index in [1.807, 2.05) is 29.3 Å². The quantitative estimate of drug-likeness (QED) is 0.353. The summed E-state index contributed by atoms with van der Waals surface area (Å²) in [6.45, 7) is 0.836. The number of fused-ring (bicyclic) bond motifs is 4. The number of nitrogen functional groups attached to an aromatic ring is 1. The summed E-state index contributed by atoms with van der Waals surface area (Å²) in [7, 11) is 0. The second-order valence-corrected chi connectivity index (χ2v) is 11.3. The smallest absolute Gasteiger partial charge is 0.278 e. The lowest BCUT2D eigenvalue weighted by molar-refractivity contribution is -0.0199. The summed E-state index contributed by atoms with van der Waals surface area (Å²) >= 11 is 1.43. The molecule has 0 bridgehead atoms. The highest BCUT2D eigenvalue weighted by Gasteiger charge is 2.46. The number of hydrogen-bond donors (Lipinski definition) is 1. The number of amides is 1. The zero-order valence-corrected chi connectivity index (χ0v) is 23.2. The van der Waals surface area contributed by atoms with Crippen molar-refractivity contribution in [2.24, 2.45) is 0 Å².